The smallest absolute Gasteiger partial charge is 0.339 e. The van der Waals surface area contributed by atoms with Gasteiger partial charge in [-0.1, -0.05) is 0 Å². The Bertz CT molecular complexity index is 595. The zero-order chi connectivity index (χ0) is 13.8. The van der Waals surface area contributed by atoms with Crippen molar-refractivity contribution in [3.63, 3.8) is 0 Å². The molecule has 1 N–H and O–H groups in total. The van der Waals surface area contributed by atoms with Gasteiger partial charge in [0.2, 0.25) is 0 Å². The van der Waals surface area contributed by atoms with E-state index in [0.29, 0.717) is 17.8 Å². The monoisotopic (exact) mass is 263 g/mol. The maximum absolute atomic E-state index is 13.2. The van der Waals surface area contributed by atoms with Crippen LogP contribution in [0.1, 0.15) is 16.1 Å². The maximum Gasteiger partial charge on any atom is 0.339 e. The number of benzene rings is 1. The van der Waals surface area contributed by atoms with E-state index in [1.165, 1.54) is 25.3 Å². The van der Waals surface area contributed by atoms with Crippen LogP contribution >= 0.6 is 0 Å². The van der Waals surface area contributed by atoms with E-state index >= 15 is 0 Å². The minimum Gasteiger partial charge on any atom is -0.465 e. The van der Waals surface area contributed by atoms with Gasteiger partial charge >= 0.3 is 5.97 Å². The molecule has 100 valence electrons. The number of ether oxygens (including phenoxy) is 1. The molecule has 0 saturated heterocycles. The lowest BCUT2D eigenvalue weighted by molar-refractivity contribution is 0.0602. The van der Waals surface area contributed by atoms with Crippen LogP contribution in [0.3, 0.4) is 0 Å². The lowest BCUT2D eigenvalue weighted by Gasteiger charge is -2.11. The highest BCUT2D eigenvalue weighted by Gasteiger charge is 2.12. The van der Waals surface area contributed by atoms with Crippen LogP contribution in [0.15, 0.2) is 30.7 Å². The fourth-order valence-corrected chi connectivity index (χ4v) is 1.69. The summed E-state index contributed by atoms with van der Waals surface area (Å²) in [5, 5.41) is 3.01. The fraction of sp³-hybridized carbons (Fsp3) is 0.231. The van der Waals surface area contributed by atoms with Gasteiger partial charge < -0.3 is 14.6 Å². The van der Waals surface area contributed by atoms with E-state index in [1.807, 2.05) is 11.6 Å². The molecular weight excluding hydrogens is 249 g/mol. The molecule has 0 aliphatic rings. The Morgan fingerprint density at radius 2 is 2.32 bits per heavy atom. The second-order valence-corrected chi connectivity index (χ2v) is 4.03. The van der Waals surface area contributed by atoms with Crippen molar-refractivity contribution in [3.8, 4) is 0 Å². The number of hydrogen-bond donors (Lipinski definition) is 1. The van der Waals surface area contributed by atoms with E-state index < -0.39 is 11.8 Å². The number of nitrogens with one attached hydrogen (secondary N) is 1. The normalized spacial score (nSPS) is 10.3. The van der Waals surface area contributed by atoms with Gasteiger partial charge in [0.15, 0.2) is 0 Å². The third-order valence-electron chi connectivity index (χ3n) is 2.76. The predicted octanol–water partition coefficient (Wildman–Crippen LogP) is 1.96. The molecular formula is C13H14FN3O2. The molecule has 0 amide bonds. The maximum atomic E-state index is 13.2. The Hall–Kier alpha value is -2.37. The number of aromatic nitrogens is 2. The third-order valence-corrected chi connectivity index (χ3v) is 2.76. The van der Waals surface area contributed by atoms with Crippen LogP contribution in [-0.2, 0) is 18.3 Å². The van der Waals surface area contributed by atoms with E-state index in [2.05, 4.69) is 15.0 Å². The molecule has 5 nitrogen and oxygen atoms in total. The van der Waals surface area contributed by atoms with E-state index in [0.717, 1.165) is 5.69 Å². The van der Waals surface area contributed by atoms with Crippen molar-refractivity contribution in [2.24, 2.45) is 7.05 Å². The largest absolute Gasteiger partial charge is 0.465 e. The summed E-state index contributed by atoms with van der Waals surface area (Å²) in [4.78, 5) is 15.6. The minimum atomic E-state index is -0.507. The van der Waals surface area contributed by atoms with Gasteiger partial charge in [-0.15, -0.1) is 0 Å². The van der Waals surface area contributed by atoms with Gasteiger partial charge in [0.05, 0.1) is 36.9 Å². The number of imidazole rings is 1. The summed E-state index contributed by atoms with van der Waals surface area (Å²) in [6.45, 7) is 0.434. The average Bonchev–Trinajstić information content (AvgIpc) is 2.81. The number of aryl methyl sites for hydroxylation is 1. The highest BCUT2D eigenvalue weighted by Crippen LogP contribution is 2.19. The molecule has 6 heteroatoms. The van der Waals surface area contributed by atoms with Crippen molar-refractivity contribution in [2.75, 3.05) is 12.4 Å². The van der Waals surface area contributed by atoms with Crippen LogP contribution in [0.5, 0.6) is 0 Å². The molecule has 0 fully saturated rings. The number of anilines is 1. The Labute approximate surface area is 110 Å². The Balaban J connectivity index is 2.21. The Morgan fingerprint density at radius 1 is 1.53 bits per heavy atom. The summed E-state index contributed by atoms with van der Waals surface area (Å²) < 4.78 is 19.7. The van der Waals surface area contributed by atoms with Crippen molar-refractivity contribution in [3.05, 3.63) is 47.8 Å². The lowest BCUT2D eigenvalue weighted by Crippen LogP contribution is -2.10. The third kappa shape index (κ3) is 2.90. The van der Waals surface area contributed by atoms with Crippen LogP contribution in [0.25, 0.3) is 0 Å². The first-order valence-corrected chi connectivity index (χ1v) is 5.68. The van der Waals surface area contributed by atoms with Gasteiger partial charge in [-0.05, 0) is 18.2 Å². The molecule has 1 heterocycles. The number of nitrogens with zero attached hydrogens (tertiary/aromatic N) is 2. The number of halogens is 1. The summed E-state index contributed by atoms with van der Waals surface area (Å²) in [7, 11) is 3.15. The number of hydrogen-bond acceptors (Lipinski definition) is 4. The lowest BCUT2D eigenvalue weighted by atomic mass is 10.1. The minimum absolute atomic E-state index is 0.297. The van der Waals surface area contributed by atoms with Gasteiger partial charge in [-0.25, -0.2) is 14.2 Å². The number of rotatable bonds is 4. The molecule has 1 aromatic carbocycles. The summed E-state index contributed by atoms with van der Waals surface area (Å²) in [6.07, 6.45) is 3.37. The topological polar surface area (TPSA) is 56.1 Å². The van der Waals surface area contributed by atoms with E-state index in [1.54, 1.807) is 12.5 Å². The number of methoxy groups -OCH3 is 1. The SMILES string of the molecule is COC(=O)c1ccc(F)cc1NCc1cncn1C. The number of carbonyl (C=O) groups excluding carboxylic acids is 1. The Morgan fingerprint density at radius 3 is 2.95 bits per heavy atom. The standard InChI is InChI=1S/C13H14FN3O2/c1-17-8-15-6-10(17)7-16-12-5-9(14)3-4-11(12)13(18)19-2/h3-6,8,16H,7H2,1-2H3. The van der Waals surface area contributed by atoms with Gasteiger partial charge in [0.1, 0.15) is 5.82 Å². The van der Waals surface area contributed by atoms with Gasteiger partial charge in [0.25, 0.3) is 0 Å². The van der Waals surface area contributed by atoms with Gasteiger partial charge in [0, 0.05) is 13.2 Å². The van der Waals surface area contributed by atoms with Gasteiger partial charge in [-0.2, -0.15) is 0 Å². The van der Waals surface area contributed by atoms with Crippen molar-refractivity contribution >= 4 is 11.7 Å². The highest BCUT2D eigenvalue weighted by atomic mass is 19.1. The van der Waals surface area contributed by atoms with Crippen LogP contribution < -0.4 is 5.32 Å². The van der Waals surface area contributed by atoms with Crippen molar-refractivity contribution in [1.82, 2.24) is 9.55 Å². The molecule has 2 rings (SSSR count). The molecule has 0 spiro atoms. The summed E-state index contributed by atoms with van der Waals surface area (Å²) in [6, 6.07) is 3.89. The second-order valence-electron chi connectivity index (χ2n) is 4.03. The second kappa shape index (κ2) is 5.51. The molecule has 0 aliphatic heterocycles. The molecule has 0 unspecified atom stereocenters. The summed E-state index contributed by atoms with van der Waals surface area (Å²) >= 11 is 0. The van der Waals surface area contributed by atoms with Crippen LogP contribution in [0.4, 0.5) is 10.1 Å². The summed E-state index contributed by atoms with van der Waals surface area (Å²) in [5.41, 5.74) is 1.61. The number of esters is 1. The highest BCUT2D eigenvalue weighted by molar-refractivity contribution is 5.95. The molecule has 0 atom stereocenters. The summed E-state index contributed by atoms with van der Waals surface area (Å²) in [5.74, 6) is -0.923. The van der Waals surface area contributed by atoms with E-state index in [9.17, 15) is 9.18 Å². The van der Waals surface area contributed by atoms with Crippen LogP contribution in [0.2, 0.25) is 0 Å². The quantitative estimate of drug-likeness (QED) is 0.857. The first kappa shape index (κ1) is 13.1. The molecule has 0 saturated carbocycles. The fourth-order valence-electron chi connectivity index (χ4n) is 1.69. The van der Waals surface area contributed by atoms with E-state index in [4.69, 9.17) is 0 Å². The molecule has 0 radical (unpaired) electrons. The van der Waals surface area contributed by atoms with Crippen LogP contribution in [-0.4, -0.2) is 22.6 Å². The molecule has 0 bridgehead atoms. The zero-order valence-electron chi connectivity index (χ0n) is 10.7. The molecule has 2 aromatic rings. The van der Waals surface area contributed by atoms with Crippen molar-refractivity contribution < 1.29 is 13.9 Å². The zero-order valence-corrected chi connectivity index (χ0v) is 10.7. The first-order chi connectivity index (χ1) is 9.11. The molecule has 19 heavy (non-hydrogen) atoms. The van der Waals surface area contributed by atoms with Crippen LogP contribution in [0, 0.1) is 5.82 Å². The van der Waals surface area contributed by atoms with E-state index in [-0.39, 0.29) is 0 Å². The number of carbonyl (C=O) groups is 1. The van der Waals surface area contributed by atoms with Crippen molar-refractivity contribution in [1.29, 1.82) is 0 Å². The Kier molecular flexibility index (Phi) is 3.79. The van der Waals surface area contributed by atoms with Gasteiger partial charge in [-0.3, -0.25) is 0 Å². The average molecular weight is 263 g/mol. The molecule has 0 aliphatic carbocycles. The van der Waals surface area contributed by atoms with Crippen molar-refractivity contribution in [2.45, 2.75) is 6.54 Å². The predicted molar refractivity (Wildman–Crippen MR) is 68.3 cm³/mol. The first-order valence-electron chi connectivity index (χ1n) is 5.68. The molecule has 1 aromatic heterocycles.